The summed E-state index contributed by atoms with van der Waals surface area (Å²) in [6.07, 6.45) is 9.44. The van der Waals surface area contributed by atoms with Gasteiger partial charge in [-0.05, 0) is 50.8 Å². The lowest BCUT2D eigenvalue weighted by atomic mass is 9.93. The molecule has 2 aliphatic rings. The summed E-state index contributed by atoms with van der Waals surface area (Å²) in [6.45, 7) is 5.86. The minimum atomic E-state index is 0.168. The number of fused-ring (bicyclic) bond motifs is 1. The Labute approximate surface area is 194 Å². The molecule has 33 heavy (non-hydrogen) atoms. The Balaban J connectivity index is 1.23. The van der Waals surface area contributed by atoms with Gasteiger partial charge in [-0.25, -0.2) is 9.97 Å². The lowest BCUT2D eigenvalue weighted by Gasteiger charge is -2.31. The van der Waals surface area contributed by atoms with Gasteiger partial charge in [0, 0.05) is 43.3 Å². The van der Waals surface area contributed by atoms with Crippen LogP contribution in [0, 0.1) is 0 Å². The molecule has 3 heterocycles. The molecule has 0 bridgehead atoms. The van der Waals surface area contributed by atoms with E-state index < -0.39 is 0 Å². The third-order valence-electron chi connectivity index (χ3n) is 6.27. The van der Waals surface area contributed by atoms with E-state index in [-0.39, 0.29) is 6.10 Å². The summed E-state index contributed by atoms with van der Waals surface area (Å²) in [5.74, 6) is 2.52. The maximum Gasteiger partial charge on any atom is 0.149 e. The van der Waals surface area contributed by atoms with Crippen LogP contribution in [0.5, 0.6) is 11.5 Å². The first kappa shape index (κ1) is 21.7. The summed E-state index contributed by atoms with van der Waals surface area (Å²) in [5.41, 5.74) is 2.82. The molecule has 0 atom stereocenters. The van der Waals surface area contributed by atoms with E-state index in [0.29, 0.717) is 12.6 Å². The maximum absolute atomic E-state index is 6.52. The zero-order chi connectivity index (χ0) is 22.5. The standard InChI is InChI=1S/C25H31N5O3/c1-2-32-21-7-8-24(28-17-21)29-18-3-5-20(6-4-18)33-23-16-19(30-11-13-31-14-12-30)15-22-25(23)27-10-9-26-22/h7-10,15-18,20H,2-6,11-14H2,1H3,(H,28,29)/t18-,20+. The molecule has 8 nitrogen and oxygen atoms in total. The Morgan fingerprint density at radius 3 is 2.61 bits per heavy atom. The number of nitrogens with one attached hydrogen (secondary N) is 1. The summed E-state index contributed by atoms with van der Waals surface area (Å²) < 4.78 is 17.5. The fourth-order valence-electron chi connectivity index (χ4n) is 4.55. The summed E-state index contributed by atoms with van der Waals surface area (Å²) in [6, 6.07) is 8.56. The largest absolute Gasteiger partial charge is 0.492 e. The molecule has 2 fully saturated rings. The van der Waals surface area contributed by atoms with Crippen LogP contribution in [0.3, 0.4) is 0 Å². The van der Waals surface area contributed by atoms with Gasteiger partial charge < -0.3 is 24.4 Å². The Hall–Kier alpha value is -3.13. The van der Waals surface area contributed by atoms with Crippen molar-refractivity contribution in [3.8, 4) is 11.5 Å². The van der Waals surface area contributed by atoms with Crippen molar-refractivity contribution in [3.63, 3.8) is 0 Å². The Kier molecular flexibility index (Phi) is 6.71. The average molecular weight is 450 g/mol. The normalized spacial score (nSPS) is 21.1. The topological polar surface area (TPSA) is 81.6 Å². The molecule has 0 radical (unpaired) electrons. The summed E-state index contributed by atoms with van der Waals surface area (Å²) in [5, 5.41) is 3.55. The molecular formula is C25H31N5O3. The van der Waals surface area contributed by atoms with Crippen LogP contribution in [0.15, 0.2) is 42.9 Å². The van der Waals surface area contributed by atoms with Gasteiger partial charge in [-0.1, -0.05) is 0 Å². The van der Waals surface area contributed by atoms with E-state index in [2.05, 4.69) is 37.3 Å². The molecule has 5 rings (SSSR count). The zero-order valence-corrected chi connectivity index (χ0v) is 19.1. The van der Waals surface area contributed by atoms with Crippen molar-refractivity contribution in [3.05, 3.63) is 42.9 Å². The number of morpholine rings is 1. The second-order valence-electron chi connectivity index (χ2n) is 8.52. The van der Waals surface area contributed by atoms with E-state index in [1.807, 2.05) is 19.1 Å². The minimum absolute atomic E-state index is 0.168. The third kappa shape index (κ3) is 5.27. The molecule has 3 aromatic rings. The van der Waals surface area contributed by atoms with E-state index in [1.165, 1.54) is 0 Å². The second kappa shape index (κ2) is 10.2. The average Bonchev–Trinajstić information content (AvgIpc) is 2.87. The van der Waals surface area contributed by atoms with Crippen LogP contribution in [-0.2, 0) is 4.74 Å². The SMILES string of the molecule is CCOc1ccc(N[C@H]2CC[C@@H](Oc3cc(N4CCOCC4)cc4nccnc34)CC2)nc1. The number of ether oxygens (including phenoxy) is 3. The highest BCUT2D eigenvalue weighted by atomic mass is 16.5. The lowest BCUT2D eigenvalue weighted by Crippen LogP contribution is -2.36. The Morgan fingerprint density at radius 2 is 1.85 bits per heavy atom. The Morgan fingerprint density at radius 1 is 1.03 bits per heavy atom. The van der Waals surface area contributed by atoms with Crippen LogP contribution in [-0.4, -0.2) is 60.0 Å². The van der Waals surface area contributed by atoms with Gasteiger partial charge in [-0.3, -0.25) is 4.98 Å². The van der Waals surface area contributed by atoms with E-state index in [0.717, 1.165) is 86.0 Å². The smallest absolute Gasteiger partial charge is 0.149 e. The molecule has 174 valence electrons. The van der Waals surface area contributed by atoms with E-state index in [9.17, 15) is 0 Å². The molecule has 1 saturated carbocycles. The van der Waals surface area contributed by atoms with E-state index in [4.69, 9.17) is 14.2 Å². The molecule has 1 aliphatic carbocycles. The number of anilines is 2. The molecular weight excluding hydrogens is 418 g/mol. The monoisotopic (exact) mass is 449 g/mol. The first-order valence-electron chi connectivity index (χ1n) is 11.9. The van der Waals surface area contributed by atoms with Gasteiger partial charge in [0.15, 0.2) is 0 Å². The molecule has 1 aromatic carbocycles. The molecule has 0 amide bonds. The van der Waals surface area contributed by atoms with Gasteiger partial charge in [-0.2, -0.15) is 0 Å². The number of nitrogens with zero attached hydrogens (tertiary/aromatic N) is 4. The quantitative estimate of drug-likeness (QED) is 0.578. The number of benzene rings is 1. The van der Waals surface area contributed by atoms with Crippen LogP contribution in [0.4, 0.5) is 11.5 Å². The number of hydrogen-bond acceptors (Lipinski definition) is 8. The van der Waals surface area contributed by atoms with Gasteiger partial charge in [0.1, 0.15) is 22.8 Å². The molecule has 1 saturated heterocycles. The van der Waals surface area contributed by atoms with Gasteiger partial charge in [0.2, 0.25) is 0 Å². The van der Waals surface area contributed by atoms with Gasteiger partial charge >= 0.3 is 0 Å². The highest BCUT2D eigenvalue weighted by Crippen LogP contribution is 2.33. The molecule has 2 aromatic heterocycles. The van der Waals surface area contributed by atoms with Crippen molar-refractivity contribution >= 4 is 22.5 Å². The predicted octanol–water partition coefficient (Wildman–Crippen LogP) is 4.06. The number of aromatic nitrogens is 3. The van der Waals surface area contributed by atoms with E-state index >= 15 is 0 Å². The van der Waals surface area contributed by atoms with Crippen molar-refractivity contribution in [1.82, 2.24) is 15.0 Å². The highest BCUT2D eigenvalue weighted by molar-refractivity contribution is 5.85. The van der Waals surface area contributed by atoms with Crippen molar-refractivity contribution in [2.75, 3.05) is 43.1 Å². The van der Waals surface area contributed by atoms with Crippen LogP contribution < -0.4 is 19.7 Å². The van der Waals surface area contributed by atoms with Crippen LogP contribution in [0.25, 0.3) is 11.0 Å². The van der Waals surface area contributed by atoms with Gasteiger partial charge in [0.05, 0.1) is 37.6 Å². The van der Waals surface area contributed by atoms with Crippen LogP contribution >= 0.6 is 0 Å². The number of rotatable bonds is 7. The van der Waals surface area contributed by atoms with E-state index in [1.54, 1.807) is 18.6 Å². The van der Waals surface area contributed by atoms with Crippen molar-refractivity contribution in [2.45, 2.75) is 44.8 Å². The highest BCUT2D eigenvalue weighted by Gasteiger charge is 2.24. The molecule has 0 spiro atoms. The minimum Gasteiger partial charge on any atom is -0.492 e. The Bertz CT molecular complexity index is 1050. The number of hydrogen-bond donors (Lipinski definition) is 1. The zero-order valence-electron chi connectivity index (χ0n) is 19.1. The predicted molar refractivity (Wildman–Crippen MR) is 128 cm³/mol. The maximum atomic E-state index is 6.52. The lowest BCUT2D eigenvalue weighted by molar-refractivity contribution is 0.122. The van der Waals surface area contributed by atoms with Gasteiger partial charge in [-0.15, -0.1) is 0 Å². The molecule has 1 aliphatic heterocycles. The van der Waals surface area contributed by atoms with Crippen molar-refractivity contribution in [2.24, 2.45) is 0 Å². The second-order valence-corrected chi connectivity index (χ2v) is 8.52. The van der Waals surface area contributed by atoms with Crippen LogP contribution in [0.2, 0.25) is 0 Å². The van der Waals surface area contributed by atoms with Gasteiger partial charge in [0.25, 0.3) is 0 Å². The van der Waals surface area contributed by atoms with Crippen molar-refractivity contribution in [1.29, 1.82) is 0 Å². The van der Waals surface area contributed by atoms with Crippen molar-refractivity contribution < 1.29 is 14.2 Å². The first-order valence-corrected chi connectivity index (χ1v) is 11.9. The molecule has 8 heteroatoms. The van der Waals surface area contributed by atoms with Crippen LogP contribution in [0.1, 0.15) is 32.6 Å². The molecule has 0 unspecified atom stereocenters. The fraction of sp³-hybridized carbons (Fsp3) is 0.480. The summed E-state index contributed by atoms with van der Waals surface area (Å²) in [4.78, 5) is 15.9. The third-order valence-corrected chi connectivity index (χ3v) is 6.27. The number of pyridine rings is 1. The summed E-state index contributed by atoms with van der Waals surface area (Å²) in [7, 11) is 0. The fourth-order valence-corrected chi connectivity index (χ4v) is 4.55. The molecule has 1 N–H and O–H groups in total. The first-order chi connectivity index (χ1) is 16.3. The summed E-state index contributed by atoms with van der Waals surface area (Å²) >= 11 is 0.